The summed E-state index contributed by atoms with van der Waals surface area (Å²) in [6.45, 7) is 1.50. The Morgan fingerprint density at radius 2 is 1.86 bits per heavy atom. The van der Waals surface area contributed by atoms with Crippen molar-refractivity contribution in [2.75, 3.05) is 19.0 Å². The third-order valence-corrected chi connectivity index (χ3v) is 8.30. The highest BCUT2D eigenvalue weighted by Crippen LogP contribution is 2.47. The Labute approximate surface area is 243 Å². The van der Waals surface area contributed by atoms with Crippen LogP contribution in [0.1, 0.15) is 41.3 Å². The first kappa shape index (κ1) is 28.2. The first-order chi connectivity index (χ1) is 20.6. The van der Waals surface area contributed by atoms with Crippen molar-refractivity contribution in [3.8, 4) is 11.1 Å². The second-order valence-corrected chi connectivity index (χ2v) is 10.9. The standard InChI is InChI=1S/C31H27F2N5O5/c1-16(15-43-2)38-28(40)21(20-5-3-7-23(32)24(20)33)14-37(30(38)42)25(26(34)39)17-8-9-18-12-31(13-19(18)11-17)22-6-4-10-35-27(22)36-29(31)41/h3-11,14,16,25H,12-13,15H2,1-2H3,(H2,34,39)(H,35,36,41)/t16-,25?,31+/m0/s1. The van der Waals surface area contributed by atoms with Crippen molar-refractivity contribution in [2.45, 2.75) is 37.3 Å². The van der Waals surface area contributed by atoms with E-state index in [1.165, 1.54) is 19.2 Å². The summed E-state index contributed by atoms with van der Waals surface area (Å²) in [5.41, 5.74) is 5.28. The molecule has 2 aromatic carbocycles. The zero-order valence-corrected chi connectivity index (χ0v) is 23.3. The molecule has 2 aromatic heterocycles. The van der Waals surface area contributed by atoms with Gasteiger partial charge in [0, 0.05) is 30.6 Å². The summed E-state index contributed by atoms with van der Waals surface area (Å²) < 4.78 is 36.1. The summed E-state index contributed by atoms with van der Waals surface area (Å²) in [6, 6.07) is 9.86. The van der Waals surface area contributed by atoms with E-state index < -0.39 is 46.3 Å². The zero-order valence-electron chi connectivity index (χ0n) is 23.3. The third kappa shape index (κ3) is 4.36. The molecule has 10 nitrogen and oxygen atoms in total. The summed E-state index contributed by atoms with van der Waals surface area (Å²) in [6.07, 6.45) is 3.38. The van der Waals surface area contributed by atoms with E-state index in [0.29, 0.717) is 24.2 Å². The predicted octanol–water partition coefficient (Wildman–Crippen LogP) is 2.62. The molecule has 0 bridgehead atoms. The van der Waals surface area contributed by atoms with Gasteiger partial charge in [-0.2, -0.15) is 0 Å². The number of hydrogen-bond donors (Lipinski definition) is 2. The van der Waals surface area contributed by atoms with Gasteiger partial charge >= 0.3 is 5.69 Å². The molecule has 3 atom stereocenters. The van der Waals surface area contributed by atoms with E-state index in [1.807, 2.05) is 6.07 Å². The summed E-state index contributed by atoms with van der Waals surface area (Å²) in [7, 11) is 1.39. The number of anilines is 1. The monoisotopic (exact) mass is 587 g/mol. The molecule has 1 aliphatic carbocycles. The van der Waals surface area contributed by atoms with Crippen molar-refractivity contribution >= 4 is 17.6 Å². The average Bonchev–Trinajstić information content (AvgIpc) is 3.48. The third-order valence-electron chi connectivity index (χ3n) is 8.30. The number of benzene rings is 2. The van der Waals surface area contributed by atoms with Gasteiger partial charge in [0.25, 0.3) is 5.56 Å². The van der Waals surface area contributed by atoms with Gasteiger partial charge in [0.15, 0.2) is 11.6 Å². The number of methoxy groups -OCH3 is 1. The first-order valence-corrected chi connectivity index (χ1v) is 13.6. The van der Waals surface area contributed by atoms with Crippen molar-refractivity contribution in [3.63, 3.8) is 0 Å². The topological polar surface area (TPSA) is 138 Å². The summed E-state index contributed by atoms with van der Waals surface area (Å²) in [5, 5.41) is 2.85. The Bertz CT molecular complexity index is 1940. The molecule has 0 saturated heterocycles. The maximum atomic E-state index is 14.9. The van der Waals surface area contributed by atoms with Gasteiger partial charge in [-0.05, 0) is 48.6 Å². The van der Waals surface area contributed by atoms with Gasteiger partial charge in [-0.1, -0.05) is 36.4 Å². The second kappa shape index (κ2) is 10.4. The molecule has 0 saturated carbocycles. The van der Waals surface area contributed by atoms with Gasteiger partial charge in [0.05, 0.1) is 23.6 Å². The molecule has 0 fully saturated rings. The first-order valence-electron chi connectivity index (χ1n) is 13.6. The smallest absolute Gasteiger partial charge is 0.332 e. The number of primary amides is 1. The molecule has 3 N–H and O–H groups in total. The van der Waals surface area contributed by atoms with Crippen LogP contribution in [0, 0.1) is 11.6 Å². The number of nitrogens with two attached hydrogens (primary N) is 1. The minimum atomic E-state index is -1.42. The molecule has 0 radical (unpaired) electrons. The van der Waals surface area contributed by atoms with Crippen LogP contribution in [0.15, 0.2) is 70.5 Å². The molecule has 2 amide bonds. The zero-order chi connectivity index (χ0) is 30.6. The fraction of sp³-hybridized carbons (Fsp3) is 0.258. The quantitative estimate of drug-likeness (QED) is 0.341. The Morgan fingerprint density at radius 3 is 2.60 bits per heavy atom. The number of fused-ring (bicyclic) bond motifs is 3. The van der Waals surface area contributed by atoms with Crippen LogP contribution in [-0.2, 0) is 32.6 Å². The van der Waals surface area contributed by atoms with E-state index in [9.17, 15) is 28.0 Å². The lowest BCUT2D eigenvalue weighted by atomic mass is 9.79. The molecule has 2 aliphatic rings. The number of aromatic nitrogens is 3. The van der Waals surface area contributed by atoms with Crippen molar-refractivity contribution in [1.29, 1.82) is 0 Å². The van der Waals surface area contributed by atoms with Crippen LogP contribution in [-0.4, -0.2) is 39.6 Å². The average molecular weight is 588 g/mol. The largest absolute Gasteiger partial charge is 0.383 e. The van der Waals surface area contributed by atoms with Gasteiger partial charge in [-0.15, -0.1) is 0 Å². The van der Waals surface area contributed by atoms with Crippen LogP contribution in [0.3, 0.4) is 0 Å². The highest BCUT2D eigenvalue weighted by Gasteiger charge is 2.51. The number of rotatable bonds is 7. The second-order valence-electron chi connectivity index (χ2n) is 10.9. The molecule has 43 heavy (non-hydrogen) atoms. The molecule has 1 spiro atoms. The maximum Gasteiger partial charge on any atom is 0.332 e. The van der Waals surface area contributed by atoms with Gasteiger partial charge in [0.2, 0.25) is 11.8 Å². The Hall–Kier alpha value is -4.97. The van der Waals surface area contributed by atoms with E-state index in [4.69, 9.17) is 10.5 Å². The normalized spacial score (nSPS) is 18.3. The molecular weight excluding hydrogens is 560 g/mol. The predicted molar refractivity (Wildman–Crippen MR) is 153 cm³/mol. The summed E-state index contributed by atoms with van der Waals surface area (Å²) in [4.78, 5) is 57.8. The fourth-order valence-electron chi connectivity index (χ4n) is 6.30. The molecule has 4 aromatic rings. The van der Waals surface area contributed by atoms with Gasteiger partial charge in [-0.3, -0.25) is 23.5 Å². The highest BCUT2D eigenvalue weighted by molar-refractivity contribution is 6.06. The van der Waals surface area contributed by atoms with Crippen molar-refractivity contribution in [1.82, 2.24) is 14.1 Å². The lowest BCUT2D eigenvalue weighted by Gasteiger charge is -2.23. The summed E-state index contributed by atoms with van der Waals surface area (Å²) >= 11 is 0. The number of amides is 2. The number of carbonyl (C=O) groups is 2. The highest BCUT2D eigenvalue weighted by atomic mass is 19.2. The van der Waals surface area contributed by atoms with Gasteiger partial charge in [-0.25, -0.2) is 18.6 Å². The maximum absolute atomic E-state index is 14.9. The Kier molecular flexibility index (Phi) is 6.80. The number of ether oxygens (including phenoxy) is 1. The van der Waals surface area contributed by atoms with Crippen molar-refractivity contribution in [2.24, 2.45) is 5.73 Å². The van der Waals surface area contributed by atoms with Crippen LogP contribution in [0.25, 0.3) is 11.1 Å². The number of halogens is 2. The molecule has 3 heterocycles. The Balaban J connectivity index is 1.51. The number of nitrogens with zero attached hydrogens (tertiary/aromatic N) is 3. The lowest BCUT2D eigenvalue weighted by Crippen LogP contribution is -2.46. The molecule has 220 valence electrons. The van der Waals surface area contributed by atoms with Crippen molar-refractivity contribution in [3.05, 3.63) is 116 Å². The van der Waals surface area contributed by atoms with Crippen molar-refractivity contribution < 1.29 is 23.1 Å². The molecule has 1 unspecified atom stereocenters. The summed E-state index contributed by atoms with van der Waals surface area (Å²) in [5.74, 6) is -3.05. The van der Waals surface area contributed by atoms with Crippen LogP contribution in [0.4, 0.5) is 14.6 Å². The SMILES string of the molecule is COC[C@H](C)n1c(=O)c(-c2cccc(F)c2F)cn(C(C(N)=O)c2ccc3c(c2)C[C@@]2(C3)C(=O)Nc3ncccc32)c1=O. The number of nitrogens with one attached hydrogen (secondary N) is 1. The van der Waals surface area contributed by atoms with E-state index in [1.54, 1.807) is 37.4 Å². The number of hydrogen-bond acceptors (Lipinski definition) is 6. The molecular formula is C31H27F2N5O5. The molecule has 1 aliphatic heterocycles. The van der Waals surface area contributed by atoms with E-state index in [-0.39, 0.29) is 23.6 Å². The Morgan fingerprint density at radius 1 is 1.09 bits per heavy atom. The van der Waals surface area contributed by atoms with Crippen LogP contribution < -0.4 is 22.3 Å². The van der Waals surface area contributed by atoms with Gasteiger partial charge in [0.1, 0.15) is 11.9 Å². The molecule has 6 rings (SSSR count). The van der Waals surface area contributed by atoms with Crippen LogP contribution in [0.2, 0.25) is 0 Å². The number of pyridine rings is 1. The van der Waals surface area contributed by atoms with E-state index in [0.717, 1.165) is 38.1 Å². The lowest BCUT2D eigenvalue weighted by molar-refractivity contribution is -0.121. The minimum absolute atomic E-state index is 0.0508. The van der Waals surface area contributed by atoms with Gasteiger partial charge < -0.3 is 15.8 Å². The van der Waals surface area contributed by atoms with E-state index >= 15 is 0 Å². The van der Waals surface area contributed by atoms with E-state index in [2.05, 4.69) is 10.3 Å². The minimum Gasteiger partial charge on any atom is -0.383 e. The van der Waals surface area contributed by atoms with Crippen LogP contribution >= 0.6 is 0 Å². The number of carbonyl (C=O) groups excluding carboxylic acids is 2. The fourth-order valence-corrected chi connectivity index (χ4v) is 6.30. The molecule has 12 heteroatoms. The van der Waals surface area contributed by atoms with Crippen LogP contribution in [0.5, 0.6) is 0 Å².